The summed E-state index contributed by atoms with van der Waals surface area (Å²) in [6.07, 6.45) is 1.39. The van der Waals surface area contributed by atoms with E-state index in [1.54, 1.807) is 30.3 Å². The molecule has 0 spiro atoms. The van der Waals surface area contributed by atoms with Crippen molar-refractivity contribution < 1.29 is 23.8 Å². The standard InChI is InChI=1S/C26H20ClN9O6/c1-40-21-11-16(7-10-20(21)41-14-15-5-8-18(27)9-6-15)13-29-31-26(37)22-23(17-3-2-4-19(12-17)36(38)39)35(34-30-22)25-24(28)32-42-33-25/h2-13H,14H2,1H3,(H2,28,32)(H,31,37). The van der Waals surface area contributed by atoms with Gasteiger partial charge in [-0.3, -0.25) is 14.9 Å². The van der Waals surface area contributed by atoms with Crippen molar-refractivity contribution in [3.63, 3.8) is 0 Å². The number of hydrogen-bond acceptors (Lipinski definition) is 12. The molecule has 15 nitrogen and oxygen atoms in total. The van der Waals surface area contributed by atoms with E-state index in [2.05, 4.69) is 35.8 Å². The van der Waals surface area contributed by atoms with E-state index in [0.29, 0.717) is 28.7 Å². The lowest BCUT2D eigenvalue weighted by atomic mass is 10.1. The third-order valence-electron chi connectivity index (χ3n) is 5.79. The zero-order valence-corrected chi connectivity index (χ0v) is 22.4. The van der Waals surface area contributed by atoms with Crippen molar-refractivity contribution >= 4 is 35.2 Å². The topological polar surface area (TPSA) is 199 Å². The lowest BCUT2D eigenvalue weighted by Crippen LogP contribution is -2.19. The predicted octanol–water partition coefficient (Wildman–Crippen LogP) is 3.81. The Morgan fingerprint density at radius 2 is 1.98 bits per heavy atom. The molecule has 42 heavy (non-hydrogen) atoms. The molecule has 0 saturated carbocycles. The zero-order valence-electron chi connectivity index (χ0n) is 21.7. The van der Waals surface area contributed by atoms with Gasteiger partial charge in [-0.05, 0) is 51.8 Å². The van der Waals surface area contributed by atoms with Crippen LogP contribution in [0, 0.1) is 10.1 Å². The first kappa shape index (κ1) is 27.7. The van der Waals surface area contributed by atoms with E-state index in [0.717, 1.165) is 10.2 Å². The number of hydrazone groups is 1. The number of nitrogens with two attached hydrogens (primary N) is 1. The number of nitrogens with one attached hydrogen (secondary N) is 1. The predicted molar refractivity (Wildman–Crippen MR) is 150 cm³/mol. The highest BCUT2D eigenvalue weighted by Crippen LogP contribution is 2.30. The Balaban J connectivity index is 1.36. The Morgan fingerprint density at radius 3 is 2.69 bits per heavy atom. The van der Waals surface area contributed by atoms with E-state index in [-0.39, 0.29) is 34.3 Å². The van der Waals surface area contributed by atoms with Gasteiger partial charge in [0.15, 0.2) is 17.2 Å². The molecule has 212 valence electrons. The number of hydrogen-bond donors (Lipinski definition) is 2. The molecule has 1 amide bonds. The Kier molecular flexibility index (Phi) is 8.01. The number of nitro benzene ring substituents is 1. The number of anilines is 1. The number of amides is 1. The molecule has 0 saturated heterocycles. The molecule has 2 aromatic heterocycles. The van der Waals surface area contributed by atoms with Gasteiger partial charge >= 0.3 is 0 Å². The average Bonchev–Trinajstić information content (AvgIpc) is 3.63. The van der Waals surface area contributed by atoms with Crippen molar-refractivity contribution in [1.29, 1.82) is 0 Å². The van der Waals surface area contributed by atoms with Crippen molar-refractivity contribution in [2.75, 3.05) is 12.8 Å². The summed E-state index contributed by atoms with van der Waals surface area (Å²) in [6, 6.07) is 17.9. The number of halogens is 1. The Labute approximate surface area is 241 Å². The SMILES string of the molecule is COc1cc(C=NNC(=O)c2nnn(-c3nonc3N)c2-c2cccc([N+](=O)[O-])c2)ccc1OCc1ccc(Cl)cc1. The van der Waals surface area contributed by atoms with Crippen LogP contribution in [0.4, 0.5) is 11.5 Å². The van der Waals surface area contributed by atoms with Gasteiger partial charge in [-0.25, -0.2) is 10.1 Å². The number of nitrogen functional groups attached to an aromatic ring is 1. The van der Waals surface area contributed by atoms with Crippen LogP contribution in [0.3, 0.4) is 0 Å². The average molecular weight is 590 g/mol. The maximum Gasteiger partial charge on any atom is 0.294 e. The Hall–Kier alpha value is -5.83. The molecule has 0 bridgehead atoms. The molecule has 0 aliphatic carbocycles. The maximum atomic E-state index is 13.1. The number of ether oxygens (including phenoxy) is 2. The molecule has 5 rings (SSSR count). The van der Waals surface area contributed by atoms with Crippen LogP contribution in [-0.4, -0.2) is 49.5 Å². The van der Waals surface area contributed by atoms with Crippen LogP contribution < -0.4 is 20.6 Å². The summed E-state index contributed by atoms with van der Waals surface area (Å²) >= 11 is 5.93. The maximum absolute atomic E-state index is 13.1. The third-order valence-corrected chi connectivity index (χ3v) is 6.04. The van der Waals surface area contributed by atoms with Gasteiger partial charge in [0.05, 0.1) is 18.2 Å². The zero-order chi connectivity index (χ0) is 29.6. The summed E-state index contributed by atoms with van der Waals surface area (Å²) in [6.45, 7) is 0.306. The van der Waals surface area contributed by atoms with Crippen LogP contribution in [-0.2, 0) is 6.61 Å². The Morgan fingerprint density at radius 1 is 1.17 bits per heavy atom. The second-order valence-electron chi connectivity index (χ2n) is 8.50. The summed E-state index contributed by atoms with van der Waals surface area (Å²) in [5.41, 5.74) is 9.57. The van der Waals surface area contributed by atoms with Crippen molar-refractivity contribution in [1.82, 2.24) is 30.7 Å². The third kappa shape index (κ3) is 6.00. The van der Waals surface area contributed by atoms with Gasteiger partial charge in [-0.1, -0.05) is 41.1 Å². The van der Waals surface area contributed by atoms with Gasteiger partial charge in [0.2, 0.25) is 11.6 Å². The fourth-order valence-electron chi connectivity index (χ4n) is 3.79. The fourth-order valence-corrected chi connectivity index (χ4v) is 3.92. The van der Waals surface area contributed by atoms with Crippen molar-refractivity contribution in [3.05, 3.63) is 98.7 Å². The molecule has 0 radical (unpaired) electrons. The number of benzene rings is 3. The van der Waals surface area contributed by atoms with Crippen LogP contribution >= 0.6 is 11.6 Å². The summed E-state index contributed by atoms with van der Waals surface area (Å²) < 4.78 is 17.0. The number of aromatic nitrogens is 5. The van der Waals surface area contributed by atoms with Crippen molar-refractivity contribution in [2.24, 2.45) is 5.10 Å². The minimum absolute atomic E-state index is 0.0534. The van der Waals surface area contributed by atoms with Crippen LogP contribution in [0.2, 0.25) is 5.02 Å². The van der Waals surface area contributed by atoms with E-state index in [1.165, 1.54) is 37.6 Å². The molecule has 3 aromatic carbocycles. The summed E-state index contributed by atoms with van der Waals surface area (Å²) in [5, 5.41) is 31.1. The van der Waals surface area contributed by atoms with Crippen LogP contribution in [0.25, 0.3) is 17.1 Å². The lowest BCUT2D eigenvalue weighted by molar-refractivity contribution is -0.384. The van der Waals surface area contributed by atoms with E-state index in [4.69, 9.17) is 26.8 Å². The van der Waals surface area contributed by atoms with Crippen LogP contribution in [0.15, 0.2) is 76.5 Å². The molecule has 16 heteroatoms. The monoisotopic (exact) mass is 589 g/mol. The van der Waals surface area contributed by atoms with Gasteiger partial charge in [0, 0.05) is 22.7 Å². The summed E-state index contributed by atoms with van der Waals surface area (Å²) in [4.78, 5) is 23.9. The highest BCUT2D eigenvalue weighted by atomic mass is 35.5. The van der Waals surface area contributed by atoms with E-state index < -0.39 is 10.8 Å². The van der Waals surface area contributed by atoms with Crippen LogP contribution in [0.5, 0.6) is 11.5 Å². The largest absolute Gasteiger partial charge is 0.493 e. The molecule has 3 N–H and O–H groups in total. The first-order valence-corrected chi connectivity index (χ1v) is 12.4. The van der Waals surface area contributed by atoms with E-state index in [9.17, 15) is 14.9 Å². The smallest absolute Gasteiger partial charge is 0.294 e. The fraction of sp³-hybridized carbons (Fsp3) is 0.0769. The highest BCUT2D eigenvalue weighted by Gasteiger charge is 2.26. The number of carbonyl (C=O) groups is 1. The van der Waals surface area contributed by atoms with Crippen molar-refractivity contribution in [2.45, 2.75) is 6.61 Å². The molecule has 0 fully saturated rings. The molecule has 0 unspecified atom stereocenters. The molecule has 0 atom stereocenters. The molecule has 5 aromatic rings. The molecule has 2 heterocycles. The number of carbonyl (C=O) groups excluding carboxylic acids is 1. The van der Waals surface area contributed by atoms with Gasteiger partial charge < -0.3 is 15.2 Å². The first-order chi connectivity index (χ1) is 20.3. The first-order valence-electron chi connectivity index (χ1n) is 12.0. The van der Waals surface area contributed by atoms with Crippen molar-refractivity contribution in [3.8, 4) is 28.6 Å². The van der Waals surface area contributed by atoms with E-state index in [1.807, 2.05) is 12.1 Å². The lowest BCUT2D eigenvalue weighted by Gasteiger charge is -2.11. The summed E-state index contributed by atoms with van der Waals surface area (Å²) in [5.74, 6) is 0.00875. The van der Waals surface area contributed by atoms with Crippen LogP contribution in [0.1, 0.15) is 21.6 Å². The molecule has 0 aliphatic rings. The van der Waals surface area contributed by atoms with Gasteiger partial charge in [0.1, 0.15) is 12.3 Å². The number of nitro groups is 1. The highest BCUT2D eigenvalue weighted by molar-refractivity contribution is 6.30. The minimum Gasteiger partial charge on any atom is -0.493 e. The van der Waals surface area contributed by atoms with Gasteiger partial charge in [-0.15, -0.1) is 5.10 Å². The Bertz CT molecular complexity index is 1790. The number of rotatable bonds is 10. The minimum atomic E-state index is -0.760. The van der Waals surface area contributed by atoms with Gasteiger partial charge in [-0.2, -0.15) is 9.78 Å². The quantitative estimate of drug-likeness (QED) is 0.136. The van der Waals surface area contributed by atoms with Gasteiger partial charge in [0.25, 0.3) is 11.6 Å². The number of non-ortho nitro benzene ring substituents is 1. The number of methoxy groups -OCH3 is 1. The normalized spacial score (nSPS) is 11.0. The summed E-state index contributed by atoms with van der Waals surface area (Å²) in [7, 11) is 1.50. The van der Waals surface area contributed by atoms with E-state index >= 15 is 0 Å². The molecular weight excluding hydrogens is 570 g/mol. The molecular formula is C26H20ClN9O6. The second kappa shape index (κ2) is 12.1. The second-order valence-corrected chi connectivity index (χ2v) is 8.94. The number of nitrogens with zero attached hydrogens (tertiary/aromatic N) is 7. The molecule has 0 aliphatic heterocycles.